The molecular formula is C26H29N7O4S. The van der Waals surface area contributed by atoms with E-state index in [0.717, 1.165) is 22.4 Å². The van der Waals surface area contributed by atoms with E-state index in [4.69, 9.17) is 10.5 Å². The zero-order chi connectivity index (χ0) is 27.4. The molecule has 4 rings (SSSR count). The fourth-order valence-corrected chi connectivity index (χ4v) is 5.07. The number of hydrogen-bond acceptors (Lipinski definition) is 9. The van der Waals surface area contributed by atoms with Gasteiger partial charge in [0.05, 0.1) is 17.9 Å². The second kappa shape index (κ2) is 11.1. The third kappa shape index (κ3) is 6.44. The first-order valence-corrected chi connectivity index (χ1v) is 13.8. The Kier molecular flexibility index (Phi) is 7.91. The molecule has 198 valence electrons. The molecule has 12 heteroatoms. The summed E-state index contributed by atoms with van der Waals surface area (Å²) in [6.07, 6.45) is 2.55. The van der Waals surface area contributed by atoms with Gasteiger partial charge in [0.2, 0.25) is 21.9 Å². The van der Waals surface area contributed by atoms with Crippen molar-refractivity contribution in [1.82, 2.24) is 19.2 Å². The van der Waals surface area contributed by atoms with Gasteiger partial charge in [-0.2, -0.15) is 14.6 Å². The number of carbonyl (C=O) groups is 1. The summed E-state index contributed by atoms with van der Waals surface area (Å²) >= 11 is 0. The van der Waals surface area contributed by atoms with Crippen LogP contribution in [0, 0.1) is 25.2 Å². The highest BCUT2D eigenvalue weighted by Gasteiger charge is 2.23. The summed E-state index contributed by atoms with van der Waals surface area (Å²) in [7, 11) is -3.15. The number of nitrogens with one attached hydrogen (secondary N) is 1. The number of piperazine rings is 1. The van der Waals surface area contributed by atoms with E-state index in [1.54, 1.807) is 26.0 Å². The van der Waals surface area contributed by atoms with Gasteiger partial charge in [0.1, 0.15) is 11.3 Å². The second-order valence-electron chi connectivity index (χ2n) is 9.19. The van der Waals surface area contributed by atoms with E-state index in [-0.39, 0.29) is 17.4 Å². The van der Waals surface area contributed by atoms with Crippen molar-refractivity contribution >= 4 is 27.6 Å². The molecule has 3 N–H and O–H groups in total. The molecule has 2 heterocycles. The van der Waals surface area contributed by atoms with Gasteiger partial charge in [0.15, 0.2) is 0 Å². The molecule has 1 saturated heterocycles. The van der Waals surface area contributed by atoms with E-state index < -0.39 is 15.9 Å². The molecule has 1 aliphatic heterocycles. The zero-order valence-electron chi connectivity index (χ0n) is 21.4. The lowest BCUT2D eigenvalue weighted by Gasteiger charge is -2.33. The molecule has 38 heavy (non-hydrogen) atoms. The summed E-state index contributed by atoms with van der Waals surface area (Å²) in [5.41, 5.74) is 9.32. The molecule has 0 atom stereocenters. The van der Waals surface area contributed by atoms with Crippen LogP contribution >= 0.6 is 0 Å². The number of amides is 1. The fourth-order valence-electron chi connectivity index (χ4n) is 4.25. The summed E-state index contributed by atoms with van der Waals surface area (Å²) in [5.74, 6) is -0.00976. The smallest absolute Gasteiger partial charge is 0.255 e. The lowest BCUT2D eigenvalue weighted by Crippen LogP contribution is -2.47. The predicted octanol–water partition coefficient (Wildman–Crippen LogP) is 2.68. The number of nitrogens with two attached hydrogens (primary N) is 1. The van der Waals surface area contributed by atoms with Gasteiger partial charge in [0.25, 0.3) is 5.91 Å². The zero-order valence-corrected chi connectivity index (χ0v) is 22.2. The number of aryl methyl sites for hydroxylation is 2. The largest absolute Gasteiger partial charge is 0.437 e. The van der Waals surface area contributed by atoms with Crippen LogP contribution in [-0.4, -0.2) is 65.9 Å². The fraction of sp³-hybridized carbons (Fsp3) is 0.308. The number of nitrogens with zero attached hydrogens (tertiary/aromatic N) is 5. The highest BCUT2D eigenvalue weighted by molar-refractivity contribution is 7.88. The molecular weight excluding hydrogens is 506 g/mol. The van der Waals surface area contributed by atoms with Crippen LogP contribution in [0.1, 0.15) is 32.6 Å². The van der Waals surface area contributed by atoms with Crippen molar-refractivity contribution < 1.29 is 17.9 Å². The maximum atomic E-state index is 12.0. The maximum absolute atomic E-state index is 12.0. The number of aromatic nitrogens is 2. The first-order valence-electron chi connectivity index (χ1n) is 11.9. The topological polar surface area (TPSA) is 155 Å². The minimum absolute atomic E-state index is 0.00997. The van der Waals surface area contributed by atoms with Gasteiger partial charge in [-0.3, -0.25) is 9.69 Å². The number of nitriles is 1. The second-order valence-corrected chi connectivity index (χ2v) is 11.2. The molecule has 0 bridgehead atoms. The molecule has 2 aromatic carbocycles. The number of carbonyl (C=O) groups excluding carboxylic acids is 1. The van der Waals surface area contributed by atoms with Crippen molar-refractivity contribution in [2.24, 2.45) is 5.73 Å². The first-order chi connectivity index (χ1) is 18.0. The van der Waals surface area contributed by atoms with E-state index >= 15 is 0 Å². The van der Waals surface area contributed by atoms with E-state index in [9.17, 15) is 18.5 Å². The van der Waals surface area contributed by atoms with Crippen molar-refractivity contribution in [3.8, 4) is 17.7 Å². The maximum Gasteiger partial charge on any atom is 0.255 e. The van der Waals surface area contributed by atoms with Crippen LogP contribution in [0.15, 0.2) is 42.6 Å². The molecule has 1 fully saturated rings. The Balaban J connectivity index is 1.46. The molecule has 0 unspecified atom stereocenters. The normalized spacial score (nSPS) is 14.6. The Morgan fingerprint density at radius 2 is 1.76 bits per heavy atom. The number of anilines is 2. The first kappa shape index (κ1) is 27.0. The van der Waals surface area contributed by atoms with Crippen LogP contribution in [0.3, 0.4) is 0 Å². The van der Waals surface area contributed by atoms with Crippen LogP contribution in [0.2, 0.25) is 0 Å². The molecule has 3 aromatic rings. The SMILES string of the molecule is Cc1cc(C#N)cc(C)c1Oc1nc(Nc2ccc(CN3CCN(S(C)(=O)=O)CC3)cc2)ncc1C(N)=O. The van der Waals surface area contributed by atoms with Crippen LogP contribution in [0.5, 0.6) is 11.6 Å². The lowest BCUT2D eigenvalue weighted by molar-refractivity contribution is 0.0997. The van der Waals surface area contributed by atoms with Gasteiger partial charge >= 0.3 is 0 Å². The summed E-state index contributed by atoms with van der Waals surface area (Å²) in [6, 6.07) is 13.2. The Bertz CT molecular complexity index is 1470. The summed E-state index contributed by atoms with van der Waals surface area (Å²) in [6.45, 7) is 6.65. The number of benzene rings is 2. The van der Waals surface area contributed by atoms with Crippen molar-refractivity contribution in [3.05, 3.63) is 70.4 Å². The third-order valence-electron chi connectivity index (χ3n) is 6.22. The van der Waals surface area contributed by atoms with Crippen LogP contribution in [-0.2, 0) is 16.6 Å². The van der Waals surface area contributed by atoms with E-state index in [2.05, 4.69) is 26.3 Å². The number of sulfonamides is 1. The minimum atomic E-state index is -3.15. The van der Waals surface area contributed by atoms with Crippen molar-refractivity contribution in [1.29, 1.82) is 5.26 Å². The highest BCUT2D eigenvalue weighted by Crippen LogP contribution is 2.31. The minimum Gasteiger partial charge on any atom is -0.437 e. The van der Waals surface area contributed by atoms with Crippen molar-refractivity contribution in [3.63, 3.8) is 0 Å². The summed E-state index contributed by atoms with van der Waals surface area (Å²) in [5, 5.41) is 12.3. The third-order valence-corrected chi connectivity index (χ3v) is 7.53. The van der Waals surface area contributed by atoms with Gasteiger partial charge in [-0.25, -0.2) is 13.4 Å². The van der Waals surface area contributed by atoms with E-state index in [1.807, 2.05) is 24.3 Å². The number of hydrogen-bond donors (Lipinski definition) is 2. The highest BCUT2D eigenvalue weighted by atomic mass is 32.2. The predicted molar refractivity (Wildman–Crippen MR) is 143 cm³/mol. The number of ether oxygens (including phenoxy) is 1. The standard InChI is InChI=1S/C26H29N7O4S/c1-17-12-20(14-27)13-18(2)23(17)37-25-22(24(28)34)15-29-26(31-25)30-21-6-4-19(5-7-21)16-32-8-10-33(11-9-32)38(3,35)36/h4-7,12-13,15H,8-11,16H2,1-3H3,(H2,28,34)(H,29,30,31). The van der Waals surface area contributed by atoms with Crippen molar-refractivity contribution in [2.45, 2.75) is 20.4 Å². The Morgan fingerprint density at radius 1 is 1.13 bits per heavy atom. The Morgan fingerprint density at radius 3 is 2.32 bits per heavy atom. The number of primary amides is 1. The van der Waals surface area contributed by atoms with E-state index in [0.29, 0.717) is 44.0 Å². The summed E-state index contributed by atoms with van der Waals surface area (Å²) < 4.78 is 30.9. The molecule has 1 aromatic heterocycles. The summed E-state index contributed by atoms with van der Waals surface area (Å²) in [4.78, 5) is 22.8. The van der Waals surface area contributed by atoms with Gasteiger partial charge < -0.3 is 15.8 Å². The average Bonchev–Trinajstić information content (AvgIpc) is 2.87. The lowest BCUT2D eigenvalue weighted by atomic mass is 10.1. The van der Waals surface area contributed by atoms with Crippen LogP contribution < -0.4 is 15.8 Å². The van der Waals surface area contributed by atoms with Crippen LogP contribution in [0.4, 0.5) is 11.6 Å². The van der Waals surface area contributed by atoms with Crippen LogP contribution in [0.25, 0.3) is 0 Å². The molecule has 11 nitrogen and oxygen atoms in total. The van der Waals surface area contributed by atoms with Crippen molar-refractivity contribution in [2.75, 3.05) is 37.8 Å². The quantitative estimate of drug-likeness (QED) is 0.443. The average molecular weight is 536 g/mol. The molecule has 0 saturated carbocycles. The molecule has 0 spiro atoms. The molecule has 0 aliphatic carbocycles. The molecule has 0 radical (unpaired) electrons. The number of rotatable bonds is 8. The van der Waals surface area contributed by atoms with Gasteiger partial charge in [-0.1, -0.05) is 12.1 Å². The van der Waals surface area contributed by atoms with Gasteiger partial charge in [0, 0.05) is 44.6 Å². The van der Waals surface area contributed by atoms with Gasteiger partial charge in [-0.05, 0) is 54.8 Å². The van der Waals surface area contributed by atoms with E-state index in [1.165, 1.54) is 16.8 Å². The Hall–Kier alpha value is -4.05. The van der Waals surface area contributed by atoms with Gasteiger partial charge in [-0.15, -0.1) is 0 Å². The monoisotopic (exact) mass is 535 g/mol. The molecule has 1 amide bonds. The molecule has 1 aliphatic rings. The Labute approximate surface area is 221 Å².